The molecular formula is C8H15N3O2S. The highest BCUT2D eigenvalue weighted by Gasteiger charge is 2.31. The fourth-order valence-electron chi connectivity index (χ4n) is 1.79. The molecule has 0 spiro atoms. The zero-order valence-corrected chi connectivity index (χ0v) is 9.19. The van der Waals surface area contributed by atoms with Crippen LogP contribution in [0.2, 0.25) is 0 Å². The molecule has 2 N–H and O–H groups in total. The second kappa shape index (κ2) is 3.13. The van der Waals surface area contributed by atoms with Gasteiger partial charge in [-0.1, -0.05) is 0 Å². The molecule has 2 aliphatic heterocycles. The molecule has 0 aromatic heterocycles. The summed E-state index contributed by atoms with van der Waals surface area (Å²) in [5.41, 5.74) is 7.81. The van der Waals surface area contributed by atoms with Crippen molar-refractivity contribution < 1.29 is 8.42 Å². The van der Waals surface area contributed by atoms with Gasteiger partial charge in [-0.15, -0.1) is 5.53 Å². The van der Waals surface area contributed by atoms with Crippen molar-refractivity contribution in [3.8, 4) is 0 Å². The molecule has 2 heterocycles. The number of nitrogens with one attached hydrogen (secondary N) is 2. The summed E-state index contributed by atoms with van der Waals surface area (Å²) in [6.45, 7) is 4.13. The Morgan fingerprint density at radius 3 is 2.79 bits per heavy atom. The Morgan fingerprint density at radius 1 is 1.43 bits per heavy atom. The van der Waals surface area contributed by atoms with Crippen molar-refractivity contribution in [2.24, 2.45) is 0 Å². The van der Waals surface area contributed by atoms with Gasteiger partial charge >= 0.3 is 0 Å². The van der Waals surface area contributed by atoms with Gasteiger partial charge in [-0.2, -0.15) is 0 Å². The third kappa shape index (κ3) is 1.59. The summed E-state index contributed by atoms with van der Waals surface area (Å²) in [4.78, 5) is 0. The van der Waals surface area contributed by atoms with Gasteiger partial charge in [0.25, 0.3) is 0 Å². The van der Waals surface area contributed by atoms with Crippen LogP contribution in [0.5, 0.6) is 0 Å². The predicted octanol–water partition coefficient (Wildman–Crippen LogP) is -0.250. The van der Waals surface area contributed by atoms with E-state index in [0.717, 1.165) is 11.4 Å². The van der Waals surface area contributed by atoms with E-state index in [1.54, 1.807) is 0 Å². The molecule has 5 nitrogen and oxygen atoms in total. The second-order valence-corrected chi connectivity index (χ2v) is 6.15. The van der Waals surface area contributed by atoms with Gasteiger partial charge in [0.1, 0.15) is 0 Å². The molecule has 6 heteroatoms. The Labute approximate surface area is 84.0 Å². The smallest absolute Gasteiger partial charge is 0.156 e. The zero-order valence-electron chi connectivity index (χ0n) is 8.37. The Balaban J connectivity index is 2.26. The molecule has 0 amide bonds. The van der Waals surface area contributed by atoms with Crippen molar-refractivity contribution in [2.75, 3.05) is 11.5 Å². The molecule has 0 bridgehead atoms. The Hall–Kier alpha value is -0.750. The summed E-state index contributed by atoms with van der Waals surface area (Å²) in [6.07, 6.45) is 0.607. The Kier molecular flexibility index (Phi) is 2.19. The first kappa shape index (κ1) is 9.79. The molecule has 0 aliphatic carbocycles. The van der Waals surface area contributed by atoms with E-state index in [2.05, 4.69) is 24.8 Å². The van der Waals surface area contributed by atoms with Crippen LogP contribution < -0.4 is 11.0 Å². The van der Waals surface area contributed by atoms with E-state index >= 15 is 0 Å². The number of nitrogens with zero attached hydrogens (tertiary/aromatic N) is 1. The van der Waals surface area contributed by atoms with Crippen LogP contribution in [-0.2, 0) is 9.84 Å². The topological polar surface area (TPSA) is 61.4 Å². The second-order valence-electron chi connectivity index (χ2n) is 3.97. The van der Waals surface area contributed by atoms with E-state index < -0.39 is 9.84 Å². The monoisotopic (exact) mass is 217 g/mol. The minimum absolute atomic E-state index is 0.137. The number of hydrogen-bond acceptors (Lipinski definition) is 5. The average Bonchev–Trinajstić information content (AvgIpc) is 2.44. The van der Waals surface area contributed by atoms with Gasteiger partial charge < -0.3 is 5.43 Å². The molecule has 2 rings (SSSR count). The van der Waals surface area contributed by atoms with Crippen molar-refractivity contribution in [3.63, 3.8) is 0 Å². The van der Waals surface area contributed by atoms with E-state index in [-0.39, 0.29) is 11.5 Å². The maximum atomic E-state index is 11.3. The molecule has 80 valence electrons. The van der Waals surface area contributed by atoms with E-state index in [0.29, 0.717) is 12.5 Å². The molecule has 0 atom stereocenters. The first-order chi connectivity index (χ1) is 6.49. The Bertz CT molecular complexity index is 372. The maximum Gasteiger partial charge on any atom is 0.156 e. The number of sulfone groups is 1. The van der Waals surface area contributed by atoms with Gasteiger partial charge in [-0.05, 0) is 13.8 Å². The van der Waals surface area contributed by atoms with Crippen molar-refractivity contribution in [1.29, 1.82) is 0 Å². The molecule has 0 radical (unpaired) electrons. The summed E-state index contributed by atoms with van der Waals surface area (Å²) in [7, 11) is -2.87. The van der Waals surface area contributed by atoms with Crippen LogP contribution in [0.15, 0.2) is 11.4 Å². The summed E-state index contributed by atoms with van der Waals surface area (Å²) in [6, 6.07) is 0.329. The lowest BCUT2D eigenvalue weighted by Crippen LogP contribution is -2.42. The van der Waals surface area contributed by atoms with Gasteiger partial charge in [-0.3, -0.25) is 5.01 Å². The lowest BCUT2D eigenvalue weighted by molar-refractivity contribution is 0.198. The molecular weight excluding hydrogens is 202 g/mol. The first-order valence-electron chi connectivity index (χ1n) is 4.73. The van der Waals surface area contributed by atoms with Crippen LogP contribution in [-0.4, -0.2) is 31.0 Å². The minimum Gasteiger partial charge on any atom is -0.305 e. The molecule has 2 aliphatic rings. The number of hydrazine groups is 2. The summed E-state index contributed by atoms with van der Waals surface area (Å²) < 4.78 is 22.7. The van der Waals surface area contributed by atoms with Crippen LogP contribution in [0.25, 0.3) is 0 Å². The number of allylic oxidation sites excluding steroid dienone is 1. The predicted molar refractivity (Wildman–Crippen MR) is 53.5 cm³/mol. The molecule has 0 aromatic rings. The molecule has 0 fully saturated rings. The first-order valence-corrected chi connectivity index (χ1v) is 6.55. The van der Waals surface area contributed by atoms with Crippen LogP contribution in [0.1, 0.15) is 20.3 Å². The fourth-order valence-corrected chi connectivity index (χ4v) is 3.12. The summed E-state index contributed by atoms with van der Waals surface area (Å²) >= 11 is 0. The van der Waals surface area contributed by atoms with E-state index in [1.165, 1.54) is 0 Å². The largest absolute Gasteiger partial charge is 0.305 e. The third-order valence-corrected chi connectivity index (χ3v) is 4.05. The van der Waals surface area contributed by atoms with E-state index in [9.17, 15) is 8.42 Å². The Morgan fingerprint density at radius 2 is 2.14 bits per heavy atom. The van der Waals surface area contributed by atoms with Gasteiger partial charge in [0.05, 0.1) is 22.9 Å². The maximum absolute atomic E-state index is 11.3. The van der Waals surface area contributed by atoms with E-state index in [4.69, 9.17) is 0 Å². The van der Waals surface area contributed by atoms with Crippen LogP contribution in [0.4, 0.5) is 0 Å². The molecule has 0 saturated carbocycles. The lowest BCUT2D eigenvalue weighted by Gasteiger charge is -2.26. The zero-order chi connectivity index (χ0) is 10.3. The van der Waals surface area contributed by atoms with Gasteiger partial charge in [0.15, 0.2) is 9.84 Å². The van der Waals surface area contributed by atoms with E-state index in [1.807, 2.05) is 5.01 Å². The van der Waals surface area contributed by atoms with Crippen molar-refractivity contribution in [1.82, 2.24) is 16.0 Å². The van der Waals surface area contributed by atoms with Gasteiger partial charge in [0, 0.05) is 12.5 Å². The highest BCUT2D eigenvalue weighted by atomic mass is 32.2. The van der Waals surface area contributed by atoms with Gasteiger partial charge in [0.2, 0.25) is 0 Å². The molecule has 0 unspecified atom stereocenters. The lowest BCUT2D eigenvalue weighted by atomic mass is 10.2. The number of hydrogen-bond donors (Lipinski definition) is 2. The van der Waals surface area contributed by atoms with Crippen molar-refractivity contribution in [2.45, 2.75) is 26.3 Å². The number of rotatable bonds is 1. The molecule has 0 aromatic carbocycles. The third-order valence-electron chi connectivity index (χ3n) is 2.50. The van der Waals surface area contributed by atoms with Gasteiger partial charge in [-0.25, -0.2) is 8.42 Å². The van der Waals surface area contributed by atoms with Crippen LogP contribution >= 0.6 is 0 Å². The molecule has 14 heavy (non-hydrogen) atoms. The summed E-state index contributed by atoms with van der Waals surface area (Å²) in [5.74, 6) is 0.400. The van der Waals surface area contributed by atoms with Crippen molar-refractivity contribution >= 4 is 9.84 Å². The summed E-state index contributed by atoms with van der Waals surface area (Å²) in [5, 5.41) is 1.99. The fraction of sp³-hybridized carbons (Fsp3) is 0.750. The highest BCUT2D eigenvalue weighted by Crippen LogP contribution is 2.24. The normalized spacial score (nSPS) is 25.2. The van der Waals surface area contributed by atoms with Crippen molar-refractivity contribution in [3.05, 3.63) is 11.4 Å². The van der Waals surface area contributed by atoms with Crippen LogP contribution in [0.3, 0.4) is 0 Å². The molecule has 0 saturated heterocycles. The quantitative estimate of drug-likeness (QED) is 0.634. The average molecular weight is 217 g/mol. The minimum atomic E-state index is -2.87. The SMILES string of the molecule is CC(C)N1NNC2=C1CCS(=O)(=O)C2. The van der Waals surface area contributed by atoms with Crippen LogP contribution in [0, 0.1) is 0 Å². The standard InChI is InChI=1S/C8H15N3O2S/c1-6(2)11-8-3-4-14(12,13)5-7(8)9-10-11/h6,9-10H,3-5H2,1-2H3. The highest BCUT2D eigenvalue weighted by molar-refractivity contribution is 7.91.